The third-order valence-corrected chi connectivity index (χ3v) is 5.25. The van der Waals surface area contributed by atoms with Gasteiger partial charge in [-0.1, -0.05) is 0 Å². The van der Waals surface area contributed by atoms with Crippen molar-refractivity contribution in [2.75, 3.05) is 26.3 Å². The van der Waals surface area contributed by atoms with E-state index in [1.54, 1.807) is 34.6 Å². The van der Waals surface area contributed by atoms with Crippen molar-refractivity contribution >= 4 is 19.7 Å². The number of amides is 1. The summed E-state index contributed by atoms with van der Waals surface area (Å²) in [5.41, 5.74) is -1.72. The predicted molar refractivity (Wildman–Crippen MR) is 83.2 cm³/mol. The highest BCUT2D eigenvalue weighted by molar-refractivity contribution is 7.53. The fraction of sp³-hybridized carbons (Fsp3) is 0.857. The van der Waals surface area contributed by atoms with Crippen LogP contribution < -0.4 is 0 Å². The van der Waals surface area contributed by atoms with Gasteiger partial charge in [-0.05, 0) is 34.6 Å². The molecule has 1 amide bonds. The molecule has 1 fully saturated rings. The van der Waals surface area contributed by atoms with E-state index in [9.17, 15) is 19.0 Å². The number of carbonyl (C=O) groups excluding carboxylic acids is 2. The first-order valence-corrected chi connectivity index (χ1v) is 9.28. The van der Waals surface area contributed by atoms with Crippen LogP contribution in [0.5, 0.6) is 0 Å². The number of hydrogen-bond donors (Lipinski definition) is 1. The molecule has 9 heteroatoms. The molecule has 134 valence electrons. The minimum Gasteiger partial charge on any atom is -0.466 e. The number of carbonyl (C=O) groups is 2. The van der Waals surface area contributed by atoms with Gasteiger partial charge in [0.15, 0.2) is 0 Å². The highest BCUT2D eigenvalue weighted by Crippen LogP contribution is 2.53. The van der Waals surface area contributed by atoms with Gasteiger partial charge in [-0.25, -0.2) is 4.79 Å². The second-order valence-corrected chi connectivity index (χ2v) is 8.34. The summed E-state index contributed by atoms with van der Waals surface area (Å²) in [5.74, 6) is -1.53. The monoisotopic (exact) mass is 351 g/mol. The van der Waals surface area contributed by atoms with Crippen LogP contribution in [0.1, 0.15) is 34.6 Å². The van der Waals surface area contributed by atoms with Crippen LogP contribution in [0.2, 0.25) is 0 Å². The van der Waals surface area contributed by atoms with Crippen molar-refractivity contribution in [1.82, 2.24) is 4.90 Å². The number of esters is 1. The van der Waals surface area contributed by atoms with Crippen molar-refractivity contribution in [3.8, 4) is 0 Å². The Bertz CT molecular complexity index is 488. The summed E-state index contributed by atoms with van der Waals surface area (Å²) in [4.78, 5) is 35.6. The lowest BCUT2D eigenvalue weighted by molar-refractivity contribution is -0.147. The van der Waals surface area contributed by atoms with Gasteiger partial charge < -0.3 is 23.8 Å². The second kappa shape index (κ2) is 7.64. The molecule has 3 atom stereocenters. The first kappa shape index (κ1) is 19.9. The van der Waals surface area contributed by atoms with E-state index < -0.39 is 36.8 Å². The molecular formula is C14H26NO7P. The van der Waals surface area contributed by atoms with Gasteiger partial charge in [0.05, 0.1) is 24.8 Å². The summed E-state index contributed by atoms with van der Waals surface area (Å²) in [6.07, 6.45) is -0.634. The lowest BCUT2D eigenvalue weighted by Crippen LogP contribution is -2.36. The summed E-state index contributed by atoms with van der Waals surface area (Å²) in [6, 6.07) is 0. The molecule has 0 saturated carbocycles. The summed E-state index contributed by atoms with van der Waals surface area (Å²) >= 11 is 0. The van der Waals surface area contributed by atoms with Crippen molar-refractivity contribution in [2.24, 2.45) is 5.92 Å². The Labute approximate surface area is 136 Å². The third-order valence-electron chi connectivity index (χ3n) is 3.26. The average Bonchev–Trinajstić information content (AvgIpc) is 2.82. The average molecular weight is 351 g/mol. The van der Waals surface area contributed by atoms with E-state index in [0.717, 1.165) is 0 Å². The van der Waals surface area contributed by atoms with Crippen LogP contribution in [-0.4, -0.2) is 59.4 Å². The van der Waals surface area contributed by atoms with Crippen LogP contribution in [0, 0.1) is 5.92 Å². The Kier molecular flexibility index (Phi) is 6.62. The second-order valence-electron chi connectivity index (χ2n) is 6.29. The number of ether oxygens (including phenoxy) is 2. The Balaban J connectivity index is 2.96. The molecule has 0 aromatic rings. The molecular weight excluding hydrogens is 325 g/mol. The SMILES string of the molecule is CCOC(=O)C1CN(C(=O)OC(C)(C)C)CC1P(=O)(O)OCC. The Morgan fingerprint density at radius 3 is 2.30 bits per heavy atom. The van der Waals surface area contributed by atoms with Crippen LogP contribution in [0.15, 0.2) is 0 Å². The first-order chi connectivity index (χ1) is 10.5. The lowest BCUT2D eigenvalue weighted by atomic mass is 10.1. The largest absolute Gasteiger partial charge is 0.466 e. The van der Waals surface area contributed by atoms with E-state index in [1.165, 1.54) is 4.90 Å². The van der Waals surface area contributed by atoms with E-state index in [2.05, 4.69) is 0 Å². The highest BCUT2D eigenvalue weighted by Gasteiger charge is 2.50. The molecule has 1 heterocycles. The van der Waals surface area contributed by atoms with Crippen LogP contribution in [0.25, 0.3) is 0 Å². The third kappa shape index (κ3) is 5.48. The molecule has 1 aliphatic heterocycles. The summed E-state index contributed by atoms with van der Waals surface area (Å²) < 4.78 is 27.5. The quantitative estimate of drug-likeness (QED) is 0.597. The predicted octanol–water partition coefficient (Wildman–Crippen LogP) is 2.01. The van der Waals surface area contributed by atoms with Gasteiger partial charge in [0.25, 0.3) is 0 Å². The first-order valence-electron chi connectivity index (χ1n) is 7.63. The molecule has 0 bridgehead atoms. The molecule has 0 radical (unpaired) electrons. The molecule has 0 aromatic heterocycles. The minimum absolute atomic E-state index is 0.0317. The number of nitrogens with zero attached hydrogens (tertiary/aromatic N) is 1. The van der Waals surface area contributed by atoms with Crippen LogP contribution in [0.3, 0.4) is 0 Å². The maximum absolute atomic E-state index is 12.3. The fourth-order valence-electron chi connectivity index (χ4n) is 2.35. The van der Waals surface area contributed by atoms with E-state index in [-0.39, 0.29) is 26.3 Å². The number of hydrogen-bond acceptors (Lipinski definition) is 6. The van der Waals surface area contributed by atoms with E-state index in [4.69, 9.17) is 14.0 Å². The topological polar surface area (TPSA) is 102 Å². The van der Waals surface area contributed by atoms with Crippen LogP contribution in [0.4, 0.5) is 4.79 Å². The Hall–Kier alpha value is -1.11. The number of rotatable bonds is 5. The maximum Gasteiger partial charge on any atom is 0.410 e. The van der Waals surface area contributed by atoms with Crippen molar-refractivity contribution in [3.63, 3.8) is 0 Å². The molecule has 0 aliphatic carbocycles. The zero-order valence-corrected chi connectivity index (χ0v) is 15.2. The smallest absolute Gasteiger partial charge is 0.410 e. The van der Waals surface area contributed by atoms with Gasteiger partial charge in [-0.3, -0.25) is 9.36 Å². The van der Waals surface area contributed by atoms with Gasteiger partial charge >= 0.3 is 19.7 Å². The van der Waals surface area contributed by atoms with E-state index in [1.807, 2.05) is 0 Å². The normalized spacial score (nSPS) is 24.2. The lowest BCUT2D eigenvalue weighted by Gasteiger charge is -2.24. The van der Waals surface area contributed by atoms with Crippen molar-refractivity contribution in [1.29, 1.82) is 0 Å². The van der Waals surface area contributed by atoms with Gasteiger partial charge in [0.2, 0.25) is 0 Å². The number of likely N-dealkylation sites (tertiary alicyclic amines) is 1. The van der Waals surface area contributed by atoms with Crippen molar-refractivity contribution in [3.05, 3.63) is 0 Å². The van der Waals surface area contributed by atoms with Crippen LogP contribution >= 0.6 is 7.60 Å². The summed E-state index contributed by atoms with van der Waals surface area (Å²) in [7, 11) is -4.05. The molecule has 23 heavy (non-hydrogen) atoms. The summed E-state index contributed by atoms with van der Waals surface area (Å²) in [5, 5.41) is 0. The zero-order chi connectivity index (χ0) is 17.8. The molecule has 3 unspecified atom stereocenters. The van der Waals surface area contributed by atoms with Crippen LogP contribution in [-0.2, 0) is 23.4 Å². The molecule has 1 rings (SSSR count). The van der Waals surface area contributed by atoms with Gasteiger partial charge in [-0.2, -0.15) is 0 Å². The molecule has 8 nitrogen and oxygen atoms in total. The van der Waals surface area contributed by atoms with Gasteiger partial charge in [0, 0.05) is 13.1 Å². The fourth-order valence-corrected chi connectivity index (χ4v) is 3.99. The maximum atomic E-state index is 12.3. The summed E-state index contributed by atoms with van der Waals surface area (Å²) in [6.45, 7) is 8.46. The van der Waals surface area contributed by atoms with E-state index in [0.29, 0.717) is 0 Å². The zero-order valence-electron chi connectivity index (χ0n) is 14.3. The Morgan fingerprint density at radius 2 is 1.83 bits per heavy atom. The molecule has 1 saturated heterocycles. The molecule has 1 N–H and O–H groups in total. The van der Waals surface area contributed by atoms with Gasteiger partial charge in [0.1, 0.15) is 5.60 Å². The van der Waals surface area contributed by atoms with Gasteiger partial charge in [-0.15, -0.1) is 0 Å². The highest BCUT2D eigenvalue weighted by atomic mass is 31.2. The minimum atomic E-state index is -4.05. The molecule has 0 aromatic carbocycles. The van der Waals surface area contributed by atoms with E-state index >= 15 is 0 Å². The van der Waals surface area contributed by atoms with Crippen molar-refractivity contribution < 1.29 is 33.0 Å². The molecule has 1 aliphatic rings. The standard InChI is InChI=1S/C14H26NO7P/c1-6-20-12(16)10-8-15(13(17)22-14(3,4)5)9-11(10)23(18,19)21-7-2/h10-11H,6-9H2,1-5H3,(H,18,19). The Morgan fingerprint density at radius 1 is 1.22 bits per heavy atom. The van der Waals surface area contributed by atoms with Crippen molar-refractivity contribution in [2.45, 2.75) is 45.9 Å². The molecule has 0 spiro atoms.